The van der Waals surface area contributed by atoms with E-state index in [0.717, 1.165) is 15.8 Å². The lowest BCUT2D eigenvalue weighted by molar-refractivity contribution is 0.467. The summed E-state index contributed by atoms with van der Waals surface area (Å²) in [5.41, 5.74) is 1.04. The van der Waals surface area contributed by atoms with Crippen molar-refractivity contribution in [2.24, 2.45) is 0 Å². The first-order valence-corrected chi connectivity index (χ1v) is 6.07. The van der Waals surface area contributed by atoms with Crippen LogP contribution in [-0.4, -0.2) is 11.2 Å². The lowest BCUT2D eigenvalue weighted by atomic mass is 10.2. The summed E-state index contributed by atoms with van der Waals surface area (Å²) in [7, 11) is 0. The van der Waals surface area contributed by atoms with Crippen LogP contribution in [0.1, 0.15) is 0 Å². The molecule has 4 heteroatoms. The van der Waals surface area contributed by atoms with Crippen LogP contribution < -0.4 is 0 Å². The third-order valence-corrected chi connectivity index (χ3v) is 2.85. The van der Waals surface area contributed by atoms with Crippen molar-refractivity contribution < 1.29 is 4.42 Å². The molecular weight excluding hydrogens is 262 g/mol. The van der Waals surface area contributed by atoms with Crippen molar-refractivity contribution in [1.29, 1.82) is 0 Å². The molecule has 0 bridgehead atoms. The predicted octanol–water partition coefficient (Wildman–Crippen LogP) is 3.83. The Morgan fingerprint density at radius 3 is 2.57 bits per heavy atom. The molecule has 0 amide bonds. The maximum absolute atomic E-state index is 5.50. The van der Waals surface area contributed by atoms with E-state index < -0.39 is 0 Å². The highest BCUT2D eigenvalue weighted by molar-refractivity contribution is 9.10. The highest BCUT2D eigenvalue weighted by atomic mass is 79.9. The number of hydrogen-bond acceptors (Lipinski definition) is 3. The molecule has 2 rings (SSSR count). The number of thioether (sulfide) groups is 1. The molecule has 1 aromatic heterocycles. The van der Waals surface area contributed by atoms with Gasteiger partial charge in [0.2, 0.25) is 0 Å². The number of halogens is 1. The van der Waals surface area contributed by atoms with Gasteiger partial charge in [-0.2, -0.15) is 0 Å². The molecule has 0 saturated heterocycles. The molecule has 0 fully saturated rings. The number of oxazole rings is 1. The summed E-state index contributed by atoms with van der Waals surface area (Å²) in [6.45, 7) is 0. The lowest BCUT2D eigenvalue weighted by Crippen LogP contribution is -1.71. The first-order valence-electron chi connectivity index (χ1n) is 4.05. The number of benzene rings is 1. The highest BCUT2D eigenvalue weighted by Crippen LogP contribution is 2.25. The van der Waals surface area contributed by atoms with Gasteiger partial charge in [-0.3, -0.25) is 0 Å². The van der Waals surface area contributed by atoms with Crippen molar-refractivity contribution in [3.05, 3.63) is 34.9 Å². The Kier molecular flexibility index (Phi) is 2.93. The van der Waals surface area contributed by atoms with Gasteiger partial charge in [0, 0.05) is 10.0 Å². The molecule has 2 nitrogen and oxygen atoms in total. The van der Waals surface area contributed by atoms with Crippen LogP contribution >= 0.6 is 27.7 Å². The fraction of sp³-hybridized carbons (Fsp3) is 0.100. The van der Waals surface area contributed by atoms with E-state index in [4.69, 9.17) is 4.42 Å². The van der Waals surface area contributed by atoms with Crippen molar-refractivity contribution >= 4 is 27.7 Å². The van der Waals surface area contributed by atoms with Crippen LogP contribution in [0.2, 0.25) is 0 Å². The van der Waals surface area contributed by atoms with Crippen LogP contribution in [0.15, 0.2) is 44.6 Å². The minimum atomic E-state index is 0.697. The summed E-state index contributed by atoms with van der Waals surface area (Å²) in [4.78, 5) is 4.12. The van der Waals surface area contributed by atoms with E-state index in [9.17, 15) is 0 Å². The largest absolute Gasteiger partial charge is 0.431 e. The van der Waals surface area contributed by atoms with Gasteiger partial charge in [-0.25, -0.2) is 4.98 Å². The van der Waals surface area contributed by atoms with Crippen molar-refractivity contribution in [2.75, 3.05) is 6.26 Å². The summed E-state index contributed by atoms with van der Waals surface area (Å²) in [5, 5.41) is 0.697. The van der Waals surface area contributed by atoms with Crippen molar-refractivity contribution in [3.8, 4) is 11.3 Å². The number of rotatable bonds is 2. The van der Waals surface area contributed by atoms with Gasteiger partial charge in [0.15, 0.2) is 5.76 Å². The van der Waals surface area contributed by atoms with E-state index in [1.807, 2.05) is 30.5 Å². The van der Waals surface area contributed by atoms with Crippen LogP contribution in [0.4, 0.5) is 0 Å². The van der Waals surface area contributed by atoms with Gasteiger partial charge in [-0.05, 0) is 18.4 Å². The summed E-state index contributed by atoms with van der Waals surface area (Å²) in [6.07, 6.45) is 3.69. The topological polar surface area (TPSA) is 26.0 Å². The number of hydrogen-bond donors (Lipinski definition) is 0. The van der Waals surface area contributed by atoms with E-state index in [2.05, 4.69) is 20.9 Å². The monoisotopic (exact) mass is 269 g/mol. The SMILES string of the molecule is CSc1ncc(-c2ccc(Br)cc2)o1. The molecule has 0 N–H and O–H groups in total. The molecule has 72 valence electrons. The average Bonchev–Trinajstić information content (AvgIpc) is 2.67. The Morgan fingerprint density at radius 2 is 2.00 bits per heavy atom. The quantitative estimate of drug-likeness (QED) is 0.776. The molecule has 0 radical (unpaired) electrons. The van der Waals surface area contributed by atoms with E-state index in [0.29, 0.717) is 5.22 Å². The van der Waals surface area contributed by atoms with Crippen LogP contribution in [0.3, 0.4) is 0 Å². The zero-order chi connectivity index (χ0) is 9.97. The standard InChI is InChI=1S/C10H8BrNOS/c1-14-10-12-6-9(13-10)7-2-4-8(11)5-3-7/h2-6H,1H3. The smallest absolute Gasteiger partial charge is 0.255 e. The molecule has 0 aliphatic carbocycles. The summed E-state index contributed by atoms with van der Waals surface area (Å²) >= 11 is 4.89. The van der Waals surface area contributed by atoms with Gasteiger partial charge >= 0.3 is 0 Å². The Bertz CT molecular complexity index is 424. The first-order chi connectivity index (χ1) is 6.79. The second kappa shape index (κ2) is 4.19. The summed E-state index contributed by atoms with van der Waals surface area (Å²) in [5.74, 6) is 0.807. The minimum Gasteiger partial charge on any atom is -0.431 e. The van der Waals surface area contributed by atoms with Crippen LogP contribution in [0.5, 0.6) is 0 Å². The molecule has 0 aliphatic rings. The third-order valence-electron chi connectivity index (χ3n) is 1.79. The fourth-order valence-electron chi connectivity index (χ4n) is 1.10. The normalized spacial score (nSPS) is 10.4. The van der Waals surface area contributed by atoms with E-state index in [1.54, 1.807) is 6.20 Å². The van der Waals surface area contributed by atoms with E-state index >= 15 is 0 Å². The predicted molar refractivity (Wildman–Crippen MR) is 61.4 cm³/mol. The average molecular weight is 270 g/mol. The molecular formula is C10H8BrNOS. The first kappa shape index (κ1) is 9.80. The molecule has 14 heavy (non-hydrogen) atoms. The van der Waals surface area contributed by atoms with Gasteiger partial charge in [0.05, 0.1) is 6.20 Å². The second-order valence-electron chi connectivity index (χ2n) is 2.70. The van der Waals surface area contributed by atoms with Gasteiger partial charge in [0.1, 0.15) is 0 Å². The summed E-state index contributed by atoms with van der Waals surface area (Å²) < 4.78 is 6.56. The van der Waals surface area contributed by atoms with Gasteiger partial charge in [-0.1, -0.05) is 39.8 Å². The van der Waals surface area contributed by atoms with E-state index in [-0.39, 0.29) is 0 Å². The molecule has 0 unspecified atom stereocenters. The summed E-state index contributed by atoms with van der Waals surface area (Å²) in [6, 6.07) is 7.95. The number of nitrogens with zero attached hydrogens (tertiary/aromatic N) is 1. The maximum atomic E-state index is 5.50. The van der Waals surface area contributed by atoms with Gasteiger partial charge < -0.3 is 4.42 Å². The zero-order valence-electron chi connectivity index (χ0n) is 7.53. The molecule has 0 saturated carbocycles. The molecule has 0 spiro atoms. The highest BCUT2D eigenvalue weighted by Gasteiger charge is 2.04. The Hall–Kier alpha value is -0.740. The van der Waals surface area contributed by atoms with Gasteiger partial charge in [0.25, 0.3) is 5.22 Å². The van der Waals surface area contributed by atoms with E-state index in [1.165, 1.54) is 11.8 Å². The molecule has 1 aromatic carbocycles. The Balaban J connectivity index is 2.34. The molecule has 0 aliphatic heterocycles. The van der Waals surface area contributed by atoms with Crippen molar-refractivity contribution in [2.45, 2.75) is 5.22 Å². The minimum absolute atomic E-state index is 0.697. The molecule has 1 heterocycles. The zero-order valence-corrected chi connectivity index (χ0v) is 9.93. The van der Waals surface area contributed by atoms with Gasteiger partial charge in [-0.15, -0.1) is 0 Å². The Morgan fingerprint density at radius 1 is 1.29 bits per heavy atom. The lowest BCUT2D eigenvalue weighted by Gasteiger charge is -1.95. The van der Waals surface area contributed by atoms with Crippen molar-refractivity contribution in [1.82, 2.24) is 4.98 Å². The van der Waals surface area contributed by atoms with Crippen LogP contribution in [0, 0.1) is 0 Å². The maximum Gasteiger partial charge on any atom is 0.255 e. The second-order valence-corrected chi connectivity index (χ2v) is 4.37. The van der Waals surface area contributed by atoms with Crippen LogP contribution in [0.25, 0.3) is 11.3 Å². The van der Waals surface area contributed by atoms with Crippen molar-refractivity contribution in [3.63, 3.8) is 0 Å². The fourth-order valence-corrected chi connectivity index (χ4v) is 1.70. The van der Waals surface area contributed by atoms with Crippen LogP contribution in [-0.2, 0) is 0 Å². The molecule has 2 aromatic rings. The Labute approximate surface area is 94.9 Å². The molecule has 0 atom stereocenters. The third kappa shape index (κ3) is 2.01. The number of aromatic nitrogens is 1.